The summed E-state index contributed by atoms with van der Waals surface area (Å²) in [5.74, 6) is -0.325. The SMILES string of the molecule is CN(CC(=O)NCc1ccc(C(=O)N2CCCC2)cc1)C(c1ccccc1)c1ccc(F)cc1. The van der Waals surface area contributed by atoms with Crippen molar-refractivity contribution in [2.45, 2.75) is 25.4 Å². The van der Waals surface area contributed by atoms with E-state index in [1.807, 2.05) is 71.4 Å². The number of halogens is 1. The number of hydrogen-bond acceptors (Lipinski definition) is 3. The van der Waals surface area contributed by atoms with Gasteiger partial charge in [0.05, 0.1) is 12.6 Å². The average molecular weight is 460 g/mol. The molecule has 1 aliphatic rings. The van der Waals surface area contributed by atoms with E-state index < -0.39 is 0 Å². The van der Waals surface area contributed by atoms with Crippen molar-refractivity contribution in [3.05, 3.63) is 107 Å². The standard InChI is InChI=1S/C28H30FN3O2/c1-31(27(22-7-3-2-4-8-22)23-13-15-25(29)16-14-23)20-26(33)30-19-21-9-11-24(12-10-21)28(34)32-17-5-6-18-32/h2-4,7-16,27H,5-6,17-20H2,1H3,(H,30,33). The third-order valence-electron chi connectivity index (χ3n) is 6.22. The van der Waals surface area contributed by atoms with Gasteiger partial charge < -0.3 is 10.2 Å². The van der Waals surface area contributed by atoms with Crippen LogP contribution in [0.1, 0.15) is 45.9 Å². The maximum Gasteiger partial charge on any atom is 0.253 e. The maximum atomic E-state index is 13.5. The molecular formula is C28H30FN3O2. The molecule has 0 radical (unpaired) electrons. The van der Waals surface area contributed by atoms with Crippen LogP contribution in [0.4, 0.5) is 4.39 Å². The third kappa shape index (κ3) is 5.88. The Kier molecular flexibility index (Phi) is 7.70. The molecule has 5 nitrogen and oxygen atoms in total. The third-order valence-corrected chi connectivity index (χ3v) is 6.22. The molecule has 0 aliphatic carbocycles. The minimum atomic E-state index is -0.288. The van der Waals surface area contributed by atoms with Gasteiger partial charge in [0.1, 0.15) is 5.82 Å². The molecule has 3 aromatic rings. The fraction of sp³-hybridized carbons (Fsp3) is 0.286. The van der Waals surface area contributed by atoms with Gasteiger partial charge in [0.25, 0.3) is 5.91 Å². The second-order valence-electron chi connectivity index (χ2n) is 8.75. The van der Waals surface area contributed by atoms with Gasteiger partial charge in [-0.3, -0.25) is 14.5 Å². The summed E-state index contributed by atoms with van der Waals surface area (Å²) in [4.78, 5) is 29.1. The van der Waals surface area contributed by atoms with E-state index in [0.717, 1.165) is 42.6 Å². The summed E-state index contributed by atoms with van der Waals surface area (Å²) in [5, 5.41) is 2.96. The van der Waals surface area contributed by atoms with Crippen LogP contribution in [0.15, 0.2) is 78.9 Å². The number of likely N-dealkylation sites (N-methyl/N-ethyl adjacent to an activating group) is 1. The number of carbonyl (C=O) groups is 2. The molecule has 2 amide bonds. The molecule has 1 atom stereocenters. The summed E-state index contributed by atoms with van der Waals surface area (Å²) in [6.07, 6.45) is 2.13. The van der Waals surface area contributed by atoms with Crippen LogP contribution in [0.5, 0.6) is 0 Å². The first-order valence-corrected chi connectivity index (χ1v) is 11.7. The van der Waals surface area contributed by atoms with Crippen molar-refractivity contribution in [2.24, 2.45) is 0 Å². The van der Waals surface area contributed by atoms with E-state index in [1.165, 1.54) is 12.1 Å². The average Bonchev–Trinajstić information content (AvgIpc) is 3.40. The first kappa shape index (κ1) is 23.6. The summed E-state index contributed by atoms with van der Waals surface area (Å²) in [5.41, 5.74) is 3.57. The van der Waals surface area contributed by atoms with Gasteiger partial charge in [-0.15, -0.1) is 0 Å². The zero-order valence-corrected chi connectivity index (χ0v) is 19.4. The molecule has 3 aromatic carbocycles. The Balaban J connectivity index is 1.36. The van der Waals surface area contributed by atoms with Gasteiger partial charge in [-0.25, -0.2) is 4.39 Å². The summed E-state index contributed by atoms with van der Waals surface area (Å²) in [6, 6.07) is 23.5. The fourth-order valence-corrected chi connectivity index (χ4v) is 4.42. The van der Waals surface area contributed by atoms with Crippen molar-refractivity contribution in [1.29, 1.82) is 0 Å². The lowest BCUT2D eigenvalue weighted by Gasteiger charge is -2.28. The second kappa shape index (κ2) is 11.1. The number of likely N-dealkylation sites (tertiary alicyclic amines) is 1. The highest BCUT2D eigenvalue weighted by atomic mass is 19.1. The van der Waals surface area contributed by atoms with Gasteiger partial charge in [-0.05, 0) is 60.8 Å². The van der Waals surface area contributed by atoms with Gasteiger partial charge in [-0.1, -0.05) is 54.6 Å². The Labute approximate surface area is 200 Å². The molecule has 0 bridgehead atoms. The highest BCUT2D eigenvalue weighted by Crippen LogP contribution is 2.27. The molecule has 1 saturated heterocycles. The first-order chi connectivity index (χ1) is 16.5. The van der Waals surface area contributed by atoms with Gasteiger partial charge in [0, 0.05) is 25.2 Å². The van der Waals surface area contributed by atoms with E-state index in [1.54, 1.807) is 12.1 Å². The number of nitrogens with zero attached hydrogens (tertiary/aromatic N) is 2. The minimum Gasteiger partial charge on any atom is -0.351 e. The molecule has 1 N–H and O–H groups in total. The Bertz CT molecular complexity index is 1090. The zero-order chi connectivity index (χ0) is 23.9. The van der Waals surface area contributed by atoms with Crippen molar-refractivity contribution in [1.82, 2.24) is 15.1 Å². The maximum absolute atomic E-state index is 13.5. The van der Waals surface area contributed by atoms with Crippen LogP contribution < -0.4 is 5.32 Å². The topological polar surface area (TPSA) is 52.7 Å². The molecule has 0 spiro atoms. The van der Waals surface area contributed by atoms with Crippen LogP contribution in [-0.2, 0) is 11.3 Å². The molecule has 4 rings (SSSR count). The molecule has 34 heavy (non-hydrogen) atoms. The van der Waals surface area contributed by atoms with Crippen molar-refractivity contribution in [2.75, 3.05) is 26.7 Å². The van der Waals surface area contributed by atoms with E-state index in [0.29, 0.717) is 12.1 Å². The van der Waals surface area contributed by atoms with Crippen LogP contribution in [-0.4, -0.2) is 48.3 Å². The minimum absolute atomic E-state index is 0.0717. The Morgan fingerprint density at radius 3 is 2.18 bits per heavy atom. The highest BCUT2D eigenvalue weighted by molar-refractivity contribution is 5.94. The molecule has 0 aromatic heterocycles. The molecule has 1 unspecified atom stereocenters. The van der Waals surface area contributed by atoms with E-state index in [2.05, 4.69) is 5.32 Å². The zero-order valence-electron chi connectivity index (χ0n) is 19.4. The number of hydrogen-bond donors (Lipinski definition) is 1. The van der Waals surface area contributed by atoms with Gasteiger partial charge in [-0.2, -0.15) is 0 Å². The Hall–Kier alpha value is -3.51. The highest BCUT2D eigenvalue weighted by Gasteiger charge is 2.22. The van der Waals surface area contributed by atoms with E-state index >= 15 is 0 Å². The summed E-state index contributed by atoms with van der Waals surface area (Å²) >= 11 is 0. The van der Waals surface area contributed by atoms with Crippen LogP contribution in [0, 0.1) is 5.82 Å². The van der Waals surface area contributed by atoms with Gasteiger partial charge in [0.15, 0.2) is 0 Å². The summed E-state index contributed by atoms with van der Waals surface area (Å²) in [7, 11) is 1.89. The van der Waals surface area contributed by atoms with Gasteiger partial charge >= 0.3 is 0 Å². The molecule has 1 aliphatic heterocycles. The van der Waals surface area contributed by atoms with E-state index in [-0.39, 0.29) is 30.2 Å². The molecule has 6 heteroatoms. The van der Waals surface area contributed by atoms with Crippen LogP contribution >= 0.6 is 0 Å². The number of benzene rings is 3. The summed E-state index contributed by atoms with van der Waals surface area (Å²) < 4.78 is 13.5. The number of nitrogens with one attached hydrogen (secondary N) is 1. The lowest BCUT2D eigenvalue weighted by molar-refractivity contribution is -0.122. The molecule has 176 valence electrons. The van der Waals surface area contributed by atoms with Crippen LogP contribution in [0.25, 0.3) is 0 Å². The van der Waals surface area contributed by atoms with Crippen LogP contribution in [0.2, 0.25) is 0 Å². The van der Waals surface area contributed by atoms with Crippen LogP contribution in [0.3, 0.4) is 0 Å². The van der Waals surface area contributed by atoms with Crippen molar-refractivity contribution in [3.8, 4) is 0 Å². The predicted molar refractivity (Wildman–Crippen MR) is 131 cm³/mol. The lowest BCUT2D eigenvalue weighted by atomic mass is 9.97. The number of rotatable bonds is 8. The molecule has 0 saturated carbocycles. The second-order valence-corrected chi connectivity index (χ2v) is 8.75. The molecule has 1 heterocycles. The monoisotopic (exact) mass is 459 g/mol. The predicted octanol–water partition coefficient (Wildman–Crippen LogP) is 4.40. The number of carbonyl (C=O) groups excluding carboxylic acids is 2. The Morgan fingerprint density at radius 1 is 0.912 bits per heavy atom. The normalized spacial score (nSPS) is 14.3. The van der Waals surface area contributed by atoms with E-state index in [4.69, 9.17) is 0 Å². The van der Waals surface area contributed by atoms with Crippen molar-refractivity contribution < 1.29 is 14.0 Å². The largest absolute Gasteiger partial charge is 0.351 e. The molecular weight excluding hydrogens is 429 g/mol. The number of amides is 2. The lowest BCUT2D eigenvalue weighted by Crippen LogP contribution is -2.37. The fourth-order valence-electron chi connectivity index (χ4n) is 4.42. The van der Waals surface area contributed by atoms with E-state index in [9.17, 15) is 14.0 Å². The summed E-state index contributed by atoms with van der Waals surface area (Å²) in [6.45, 7) is 2.22. The molecule has 1 fully saturated rings. The van der Waals surface area contributed by atoms with Crippen molar-refractivity contribution in [3.63, 3.8) is 0 Å². The quantitative estimate of drug-likeness (QED) is 0.543. The first-order valence-electron chi connectivity index (χ1n) is 11.7. The smallest absolute Gasteiger partial charge is 0.253 e. The Morgan fingerprint density at radius 2 is 1.53 bits per heavy atom. The van der Waals surface area contributed by atoms with Gasteiger partial charge in [0.2, 0.25) is 5.91 Å². The van der Waals surface area contributed by atoms with Crippen molar-refractivity contribution >= 4 is 11.8 Å².